The number of hydrogen-bond donors (Lipinski definition) is 3. The summed E-state index contributed by atoms with van der Waals surface area (Å²) >= 11 is 0. The fourth-order valence-electron chi connectivity index (χ4n) is 2.66. The minimum atomic E-state index is -0.0897. The molecule has 0 fully saturated rings. The van der Waals surface area contributed by atoms with Gasteiger partial charge < -0.3 is 25.4 Å². The van der Waals surface area contributed by atoms with E-state index in [2.05, 4.69) is 20.9 Å². The van der Waals surface area contributed by atoms with E-state index < -0.39 is 0 Å². The molecule has 0 unspecified atom stereocenters. The van der Waals surface area contributed by atoms with Gasteiger partial charge in [0.15, 0.2) is 17.5 Å². The van der Waals surface area contributed by atoms with Crippen molar-refractivity contribution >= 4 is 35.8 Å². The molecule has 2 aromatic rings. The Hall–Kier alpha value is -2.49. The second-order valence-electron chi connectivity index (χ2n) is 6.01. The smallest absolute Gasteiger partial charge is 0.251 e. The summed E-state index contributed by atoms with van der Waals surface area (Å²) in [5.74, 6) is 2.17. The van der Waals surface area contributed by atoms with Gasteiger partial charge in [0.25, 0.3) is 5.91 Å². The zero-order chi connectivity index (χ0) is 19.1. The number of rotatable bonds is 6. The molecule has 2 aromatic carbocycles. The maximum atomic E-state index is 11.6. The van der Waals surface area contributed by atoms with Crippen LogP contribution in [0.5, 0.6) is 11.5 Å². The second-order valence-corrected chi connectivity index (χ2v) is 6.01. The van der Waals surface area contributed by atoms with E-state index in [0.717, 1.165) is 35.1 Å². The van der Waals surface area contributed by atoms with Gasteiger partial charge in [0.05, 0.1) is 6.54 Å². The van der Waals surface area contributed by atoms with Gasteiger partial charge in [-0.15, -0.1) is 24.0 Å². The molecule has 0 saturated carbocycles. The van der Waals surface area contributed by atoms with Crippen molar-refractivity contribution in [2.45, 2.75) is 20.0 Å². The molecule has 1 aliphatic rings. The Morgan fingerprint density at radius 1 is 1.04 bits per heavy atom. The molecule has 0 atom stereocenters. The van der Waals surface area contributed by atoms with Crippen molar-refractivity contribution in [1.82, 2.24) is 16.0 Å². The normalized spacial score (nSPS) is 12.1. The third-order valence-corrected chi connectivity index (χ3v) is 4.10. The third-order valence-electron chi connectivity index (χ3n) is 4.10. The summed E-state index contributed by atoms with van der Waals surface area (Å²) in [5, 5.41) is 9.15. The number of nitrogens with zero attached hydrogens (tertiary/aromatic N) is 1. The van der Waals surface area contributed by atoms with Gasteiger partial charge in [-0.1, -0.05) is 18.2 Å². The average molecular weight is 496 g/mol. The van der Waals surface area contributed by atoms with Crippen LogP contribution < -0.4 is 25.4 Å². The SMILES string of the molecule is CCNC(=NCc1ccc2c(c1)OCO2)NCc1ccc(C(=O)NC)cc1.I. The molecule has 3 rings (SSSR count). The van der Waals surface area contributed by atoms with Crippen molar-refractivity contribution in [3.63, 3.8) is 0 Å². The van der Waals surface area contributed by atoms with Crippen LogP contribution in [0.15, 0.2) is 47.5 Å². The van der Waals surface area contributed by atoms with Gasteiger partial charge in [0.2, 0.25) is 6.79 Å². The molecule has 8 heteroatoms. The summed E-state index contributed by atoms with van der Waals surface area (Å²) in [4.78, 5) is 16.2. The summed E-state index contributed by atoms with van der Waals surface area (Å²) in [5.41, 5.74) is 2.76. The van der Waals surface area contributed by atoms with E-state index in [9.17, 15) is 4.79 Å². The van der Waals surface area contributed by atoms with Crippen LogP contribution in [0.1, 0.15) is 28.4 Å². The van der Waals surface area contributed by atoms with E-state index in [1.807, 2.05) is 49.4 Å². The quantitative estimate of drug-likeness (QED) is 0.326. The van der Waals surface area contributed by atoms with E-state index in [4.69, 9.17) is 9.47 Å². The number of aliphatic imine (C=N–C) groups is 1. The molecule has 1 heterocycles. The first-order valence-electron chi connectivity index (χ1n) is 8.91. The van der Waals surface area contributed by atoms with Crippen LogP contribution >= 0.6 is 24.0 Å². The zero-order valence-corrected chi connectivity index (χ0v) is 18.3. The van der Waals surface area contributed by atoms with Crippen LogP contribution in [0.2, 0.25) is 0 Å². The Kier molecular flexibility index (Phi) is 8.37. The highest BCUT2D eigenvalue weighted by atomic mass is 127. The number of carbonyl (C=O) groups is 1. The summed E-state index contributed by atoms with van der Waals surface area (Å²) in [7, 11) is 1.62. The lowest BCUT2D eigenvalue weighted by atomic mass is 10.1. The maximum Gasteiger partial charge on any atom is 0.251 e. The number of fused-ring (bicyclic) bond motifs is 1. The van der Waals surface area contributed by atoms with Crippen LogP contribution in [-0.4, -0.2) is 32.3 Å². The zero-order valence-electron chi connectivity index (χ0n) is 16.0. The standard InChI is InChI=1S/C20H24N4O3.HI/c1-3-22-20(23-11-14-4-7-16(8-5-14)19(25)21-2)24-12-15-6-9-17-18(10-15)27-13-26-17;/h4-10H,3,11-13H2,1-2H3,(H,21,25)(H2,22,23,24);1H. The highest BCUT2D eigenvalue weighted by Crippen LogP contribution is 2.32. The molecule has 0 spiro atoms. The third kappa shape index (κ3) is 5.75. The lowest BCUT2D eigenvalue weighted by Crippen LogP contribution is -2.36. The first-order valence-corrected chi connectivity index (χ1v) is 8.91. The first-order chi connectivity index (χ1) is 13.2. The van der Waals surface area contributed by atoms with Gasteiger partial charge in [-0.05, 0) is 42.3 Å². The molecule has 7 nitrogen and oxygen atoms in total. The number of benzene rings is 2. The van der Waals surface area contributed by atoms with Crippen molar-refractivity contribution in [1.29, 1.82) is 0 Å². The largest absolute Gasteiger partial charge is 0.454 e. The van der Waals surface area contributed by atoms with E-state index in [-0.39, 0.29) is 36.7 Å². The fourth-order valence-corrected chi connectivity index (χ4v) is 2.66. The Morgan fingerprint density at radius 3 is 2.46 bits per heavy atom. The molecule has 1 amide bonds. The van der Waals surface area contributed by atoms with Crippen LogP contribution in [0.3, 0.4) is 0 Å². The van der Waals surface area contributed by atoms with Crippen LogP contribution in [-0.2, 0) is 13.1 Å². The average Bonchev–Trinajstić information content (AvgIpc) is 3.17. The number of guanidine groups is 1. The molecule has 1 aliphatic heterocycles. The lowest BCUT2D eigenvalue weighted by Gasteiger charge is -2.12. The highest BCUT2D eigenvalue weighted by molar-refractivity contribution is 14.0. The minimum absolute atomic E-state index is 0. The van der Waals surface area contributed by atoms with Crippen molar-refractivity contribution in [3.8, 4) is 11.5 Å². The Labute approximate surface area is 181 Å². The van der Waals surface area contributed by atoms with Crippen LogP contribution in [0, 0.1) is 0 Å². The molecule has 0 aromatic heterocycles. The molecule has 150 valence electrons. The molecule has 28 heavy (non-hydrogen) atoms. The molecular weight excluding hydrogens is 471 g/mol. The van der Waals surface area contributed by atoms with Crippen molar-refractivity contribution in [2.75, 3.05) is 20.4 Å². The van der Waals surface area contributed by atoms with E-state index in [1.165, 1.54) is 0 Å². The number of carbonyl (C=O) groups excluding carboxylic acids is 1. The van der Waals surface area contributed by atoms with Crippen molar-refractivity contribution in [3.05, 3.63) is 59.2 Å². The molecule has 0 saturated heterocycles. The lowest BCUT2D eigenvalue weighted by molar-refractivity contribution is 0.0963. The van der Waals surface area contributed by atoms with Crippen LogP contribution in [0.25, 0.3) is 0 Å². The van der Waals surface area contributed by atoms with Crippen molar-refractivity contribution < 1.29 is 14.3 Å². The van der Waals surface area contributed by atoms with Crippen LogP contribution in [0.4, 0.5) is 0 Å². The fraction of sp³-hybridized carbons (Fsp3) is 0.300. The van der Waals surface area contributed by atoms with E-state index >= 15 is 0 Å². The van der Waals surface area contributed by atoms with Gasteiger partial charge >= 0.3 is 0 Å². The monoisotopic (exact) mass is 496 g/mol. The molecule has 0 radical (unpaired) electrons. The van der Waals surface area contributed by atoms with E-state index in [1.54, 1.807) is 7.05 Å². The Balaban J connectivity index is 0.00000280. The Morgan fingerprint density at radius 2 is 1.75 bits per heavy atom. The molecule has 0 bridgehead atoms. The van der Waals surface area contributed by atoms with Gasteiger partial charge in [-0.3, -0.25) is 4.79 Å². The number of nitrogens with one attached hydrogen (secondary N) is 3. The molecule has 0 aliphatic carbocycles. The predicted molar refractivity (Wildman–Crippen MR) is 119 cm³/mol. The number of halogens is 1. The van der Waals surface area contributed by atoms with Gasteiger partial charge in [0, 0.05) is 25.7 Å². The van der Waals surface area contributed by atoms with Gasteiger partial charge in [-0.2, -0.15) is 0 Å². The summed E-state index contributed by atoms with van der Waals surface area (Å²) < 4.78 is 10.7. The number of ether oxygens (including phenoxy) is 2. The first kappa shape index (κ1) is 21.8. The van der Waals surface area contributed by atoms with Gasteiger partial charge in [0.1, 0.15) is 0 Å². The molecule has 3 N–H and O–H groups in total. The molecular formula is C20H25IN4O3. The second kappa shape index (κ2) is 10.7. The number of hydrogen-bond acceptors (Lipinski definition) is 4. The highest BCUT2D eigenvalue weighted by Gasteiger charge is 2.13. The summed E-state index contributed by atoms with van der Waals surface area (Å²) in [6, 6.07) is 13.3. The summed E-state index contributed by atoms with van der Waals surface area (Å²) in [6.07, 6.45) is 0. The predicted octanol–water partition coefficient (Wildman–Crippen LogP) is 2.65. The number of amides is 1. The topological polar surface area (TPSA) is 84.0 Å². The Bertz CT molecular complexity index is 825. The van der Waals surface area contributed by atoms with Crippen molar-refractivity contribution in [2.24, 2.45) is 4.99 Å². The van der Waals surface area contributed by atoms with Gasteiger partial charge in [-0.25, -0.2) is 4.99 Å². The van der Waals surface area contributed by atoms with E-state index in [0.29, 0.717) is 18.7 Å². The summed E-state index contributed by atoms with van der Waals surface area (Å²) in [6.45, 7) is 4.20. The minimum Gasteiger partial charge on any atom is -0.454 e. The maximum absolute atomic E-state index is 11.6.